The zero-order valence-electron chi connectivity index (χ0n) is 7.74. The van der Waals surface area contributed by atoms with Crippen LogP contribution in [-0.2, 0) is 6.18 Å². The van der Waals surface area contributed by atoms with Gasteiger partial charge in [-0.05, 0) is 18.2 Å². The molecule has 0 saturated heterocycles. The van der Waals surface area contributed by atoms with Crippen LogP contribution in [0, 0.1) is 0 Å². The van der Waals surface area contributed by atoms with Gasteiger partial charge in [0.1, 0.15) is 0 Å². The monoisotopic (exact) mass is 291 g/mol. The maximum absolute atomic E-state index is 12.7. The van der Waals surface area contributed by atoms with Crippen molar-refractivity contribution in [2.75, 3.05) is 0 Å². The molecule has 1 aromatic carbocycles. The zero-order valence-corrected chi connectivity index (χ0v) is 9.33. The summed E-state index contributed by atoms with van der Waals surface area (Å²) in [5.74, 6) is 0. The molecule has 1 aromatic heterocycles. The summed E-state index contributed by atoms with van der Waals surface area (Å²) in [6, 6.07) is 3.64. The number of alkyl halides is 3. The predicted molar refractivity (Wildman–Crippen MR) is 54.1 cm³/mol. The molecular formula is C9H5BrF3N3. The minimum Gasteiger partial charge on any atom is -0.166 e. The Bertz CT molecular complexity index is 493. The number of nitrogens with zero attached hydrogens (tertiary/aromatic N) is 3. The van der Waals surface area contributed by atoms with Gasteiger partial charge in [-0.1, -0.05) is 15.9 Å². The van der Waals surface area contributed by atoms with E-state index in [0.29, 0.717) is 4.47 Å². The largest absolute Gasteiger partial charge is 0.418 e. The van der Waals surface area contributed by atoms with Gasteiger partial charge in [-0.25, -0.2) is 0 Å². The van der Waals surface area contributed by atoms with E-state index in [9.17, 15) is 13.2 Å². The fourth-order valence-electron chi connectivity index (χ4n) is 1.25. The lowest BCUT2D eigenvalue weighted by atomic mass is 10.2. The molecule has 0 unspecified atom stereocenters. The van der Waals surface area contributed by atoms with Crippen molar-refractivity contribution in [3.8, 4) is 5.69 Å². The average Bonchev–Trinajstić information content (AvgIpc) is 2.68. The van der Waals surface area contributed by atoms with Crippen molar-refractivity contribution in [2.24, 2.45) is 0 Å². The van der Waals surface area contributed by atoms with E-state index in [-0.39, 0.29) is 5.69 Å². The zero-order chi connectivity index (χ0) is 11.8. The maximum atomic E-state index is 12.7. The van der Waals surface area contributed by atoms with Crippen molar-refractivity contribution in [1.29, 1.82) is 0 Å². The first kappa shape index (κ1) is 11.1. The molecule has 0 bridgehead atoms. The van der Waals surface area contributed by atoms with Gasteiger partial charge in [0, 0.05) is 4.47 Å². The molecular weight excluding hydrogens is 287 g/mol. The molecule has 0 atom stereocenters. The Morgan fingerprint density at radius 3 is 2.31 bits per heavy atom. The summed E-state index contributed by atoms with van der Waals surface area (Å²) in [6.45, 7) is 0. The van der Waals surface area contributed by atoms with Crippen LogP contribution in [0.25, 0.3) is 5.69 Å². The van der Waals surface area contributed by atoms with Crippen molar-refractivity contribution in [3.05, 3.63) is 40.6 Å². The van der Waals surface area contributed by atoms with Crippen molar-refractivity contribution in [2.45, 2.75) is 6.18 Å². The number of halogens is 4. The van der Waals surface area contributed by atoms with E-state index < -0.39 is 11.7 Å². The lowest BCUT2D eigenvalue weighted by Gasteiger charge is -2.11. The van der Waals surface area contributed by atoms with Gasteiger partial charge in [-0.3, -0.25) is 0 Å². The van der Waals surface area contributed by atoms with Gasteiger partial charge in [0.2, 0.25) is 0 Å². The average molecular weight is 292 g/mol. The summed E-state index contributed by atoms with van der Waals surface area (Å²) < 4.78 is 38.6. The highest BCUT2D eigenvalue weighted by atomic mass is 79.9. The van der Waals surface area contributed by atoms with Crippen molar-refractivity contribution in [1.82, 2.24) is 15.0 Å². The van der Waals surface area contributed by atoms with Gasteiger partial charge in [-0.2, -0.15) is 28.2 Å². The molecule has 2 rings (SSSR count). The lowest BCUT2D eigenvalue weighted by Crippen LogP contribution is -2.12. The summed E-state index contributed by atoms with van der Waals surface area (Å²) in [6.07, 6.45) is -1.79. The standard InChI is InChI=1S/C9H5BrF3N3/c10-6-1-2-7(9(11,12)13)8(5-6)16-14-3-4-15-16/h1-5H. The van der Waals surface area contributed by atoms with Crippen LogP contribution in [0.2, 0.25) is 0 Å². The Morgan fingerprint density at radius 2 is 1.75 bits per heavy atom. The molecule has 7 heteroatoms. The van der Waals surface area contributed by atoms with Gasteiger partial charge in [0.05, 0.1) is 23.6 Å². The van der Waals surface area contributed by atoms with Crippen LogP contribution < -0.4 is 0 Å². The molecule has 1 heterocycles. The van der Waals surface area contributed by atoms with Crippen LogP contribution in [0.3, 0.4) is 0 Å². The number of hydrogen-bond acceptors (Lipinski definition) is 2. The predicted octanol–water partition coefficient (Wildman–Crippen LogP) is 3.05. The number of hydrogen-bond donors (Lipinski definition) is 0. The highest BCUT2D eigenvalue weighted by Gasteiger charge is 2.34. The molecule has 0 aliphatic carbocycles. The molecule has 0 radical (unpaired) electrons. The van der Waals surface area contributed by atoms with E-state index >= 15 is 0 Å². The Hall–Kier alpha value is -1.37. The van der Waals surface area contributed by atoms with E-state index in [1.165, 1.54) is 24.5 Å². The summed E-state index contributed by atoms with van der Waals surface area (Å²) in [5.41, 5.74) is -0.876. The fraction of sp³-hybridized carbons (Fsp3) is 0.111. The molecule has 0 N–H and O–H groups in total. The summed E-state index contributed by atoms with van der Waals surface area (Å²) in [5, 5.41) is 7.37. The van der Waals surface area contributed by atoms with E-state index in [0.717, 1.165) is 10.9 Å². The number of rotatable bonds is 1. The molecule has 16 heavy (non-hydrogen) atoms. The van der Waals surface area contributed by atoms with Crippen molar-refractivity contribution >= 4 is 15.9 Å². The van der Waals surface area contributed by atoms with Gasteiger partial charge in [-0.15, -0.1) is 0 Å². The molecule has 2 aromatic rings. The smallest absolute Gasteiger partial charge is 0.166 e. The van der Waals surface area contributed by atoms with Crippen LogP contribution in [0.5, 0.6) is 0 Å². The third-order valence-electron chi connectivity index (χ3n) is 1.90. The molecule has 0 amide bonds. The SMILES string of the molecule is FC(F)(F)c1ccc(Br)cc1-n1nccn1. The van der Waals surface area contributed by atoms with E-state index in [1.807, 2.05) is 0 Å². The quantitative estimate of drug-likeness (QED) is 0.808. The molecule has 84 valence electrons. The lowest BCUT2D eigenvalue weighted by molar-refractivity contribution is -0.137. The van der Waals surface area contributed by atoms with Gasteiger partial charge >= 0.3 is 6.18 Å². The summed E-state index contributed by atoms with van der Waals surface area (Å²) in [7, 11) is 0. The summed E-state index contributed by atoms with van der Waals surface area (Å²) in [4.78, 5) is 0.938. The third kappa shape index (κ3) is 2.08. The molecule has 0 spiro atoms. The molecule has 0 fully saturated rings. The number of aromatic nitrogens is 3. The van der Waals surface area contributed by atoms with Gasteiger partial charge in [0.15, 0.2) is 0 Å². The Labute approximate surface area is 97.0 Å². The second-order valence-electron chi connectivity index (χ2n) is 2.98. The van der Waals surface area contributed by atoms with Crippen LogP contribution in [0.4, 0.5) is 13.2 Å². The fourth-order valence-corrected chi connectivity index (χ4v) is 1.60. The van der Waals surface area contributed by atoms with Crippen LogP contribution in [0.15, 0.2) is 35.1 Å². The van der Waals surface area contributed by atoms with Gasteiger partial charge < -0.3 is 0 Å². The van der Waals surface area contributed by atoms with Crippen molar-refractivity contribution in [3.63, 3.8) is 0 Å². The first-order valence-electron chi connectivity index (χ1n) is 4.22. The van der Waals surface area contributed by atoms with E-state index in [4.69, 9.17) is 0 Å². The van der Waals surface area contributed by atoms with Crippen LogP contribution in [-0.4, -0.2) is 15.0 Å². The maximum Gasteiger partial charge on any atom is 0.418 e. The van der Waals surface area contributed by atoms with Crippen LogP contribution >= 0.6 is 15.9 Å². The van der Waals surface area contributed by atoms with Crippen molar-refractivity contribution < 1.29 is 13.2 Å². The second-order valence-corrected chi connectivity index (χ2v) is 3.89. The Kier molecular flexibility index (Phi) is 2.71. The topological polar surface area (TPSA) is 30.7 Å². The Morgan fingerprint density at radius 1 is 1.12 bits per heavy atom. The third-order valence-corrected chi connectivity index (χ3v) is 2.39. The first-order chi connectivity index (χ1) is 7.48. The Balaban J connectivity index is 2.63. The highest BCUT2D eigenvalue weighted by Crippen LogP contribution is 2.34. The second kappa shape index (κ2) is 3.89. The first-order valence-corrected chi connectivity index (χ1v) is 5.01. The molecule has 0 aliphatic rings. The molecule has 3 nitrogen and oxygen atoms in total. The highest BCUT2D eigenvalue weighted by molar-refractivity contribution is 9.10. The minimum absolute atomic E-state index is 0.105. The molecule has 0 saturated carbocycles. The van der Waals surface area contributed by atoms with E-state index in [2.05, 4.69) is 26.1 Å². The van der Waals surface area contributed by atoms with E-state index in [1.54, 1.807) is 0 Å². The normalized spacial score (nSPS) is 11.8. The summed E-state index contributed by atoms with van der Waals surface area (Å²) >= 11 is 3.11. The van der Waals surface area contributed by atoms with Crippen LogP contribution in [0.1, 0.15) is 5.56 Å². The minimum atomic E-state index is -4.43. The molecule has 0 aliphatic heterocycles. The number of benzene rings is 1. The van der Waals surface area contributed by atoms with Gasteiger partial charge in [0.25, 0.3) is 0 Å².